The molecule has 0 rings (SSSR count). The van der Waals surface area contributed by atoms with Crippen LogP contribution in [0.1, 0.15) is 0 Å². The van der Waals surface area contributed by atoms with E-state index in [1.165, 1.54) is 0 Å². The molecule has 0 aliphatic heterocycles. The van der Waals surface area contributed by atoms with Gasteiger partial charge >= 0.3 is 65.7 Å². The van der Waals surface area contributed by atoms with Crippen molar-refractivity contribution >= 4 is 61.0 Å². The van der Waals surface area contributed by atoms with E-state index in [4.69, 9.17) is 22.6 Å². The van der Waals surface area contributed by atoms with E-state index in [9.17, 15) is 0 Å². The molecule has 0 bridgehead atoms. The largest absolute Gasteiger partial charge is 3.00 e. The summed E-state index contributed by atoms with van der Waals surface area (Å²) in [4.78, 5) is 0. The van der Waals surface area contributed by atoms with Crippen molar-refractivity contribution in [3.8, 4) is 0 Å². The van der Waals surface area contributed by atoms with E-state index in [0.717, 1.165) is 0 Å². The second kappa shape index (κ2) is 273. The van der Waals surface area contributed by atoms with Gasteiger partial charge in [0.2, 0.25) is 0 Å². The normalized spacial score (nSPS) is 1.46. The second-order valence-corrected chi connectivity index (χ2v) is 0.500. The maximum absolute atomic E-state index is 8.40. The maximum atomic E-state index is 8.40. The Morgan fingerprint density at radius 1 is 0.615 bits per heavy atom. The molecule has 0 fully saturated rings. The smallest absolute Gasteiger partial charge is 2.00 e. The third kappa shape index (κ3) is 6900. The number of rotatable bonds is 0. The van der Waals surface area contributed by atoms with E-state index in [2.05, 4.69) is 0 Å². The molecule has 66 valence electrons. The SMILES string of the molecule is B=O.O=[Si]=O.O=[Si]=O.[Al+3].[Al+3].[O-2].[O-2].[O-2]. The van der Waals surface area contributed by atoms with Crippen LogP contribution in [-0.4, -0.2) is 61.0 Å². The maximum Gasteiger partial charge on any atom is 3.00 e. The molecular formula is HAl2BO8Si2. The summed E-state index contributed by atoms with van der Waals surface area (Å²) in [6, 6.07) is 0. The van der Waals surface area contributed by atoms with E-state index < -0.39 is 18.6 Å². The summed E-state index contributed by atoms with van der Waals surface area (Å²) in [5.41, 5.74) is 0. The zero-order chi connectivity index (χ0) is 7.41. The summed E-state index contributed by atoms with van der Waals surface area (Å²) >= 11 is 0. The quantitative estimate of drug-likeness (QED) is 0.413. The number of hydrogen-bond acceptors (Lipinski definition) is 5. The zero-order valence-electron chi connectivity index (χ0n) is 6.13. The average Bonchev–Trinajstić information content (AvgIpc) is 1.75. The topological polar surface area (TPSA) is 171 Å². The first kappa shape index (κ1) is 70.2. The molecule has 8 nitrogen and oxygen atoms in total. The van der Waals surface area contributed by atoms with Gasteiger partial charge in [-0.2, -0.15) is 0 Å². The van der Waals surface area contributed by atoms with Crippen LogP contribution in [0.25, 0.3) is 0 Å². The van der Waals surface area contributed by atoms with Crippen LogP contribution in [0, 0.1) is 0 Å². The van der Waals surface area contributed by atoms with Crippen LogP contribution < -0.4 is 0 Å². The van der Waals surface area contributed by atoms with Crippen molar-refractivity contribution in [2.45, 2.75) is 0 Å². The van der Waals surface area contributed by atoms with Gasteiger partial charge in [0.25, 0.3) is 0 Å². The van der Waals surface area contributed by atoms with Gasteiger partial charge in [-0.1, -0.05) is 0 Å². The van der Waals surface area contributed by atoms with Crippen LogP contribution in [0.2, 0.25) is 0 Å². The Hall–Kier alpha value is 0.444. The molecule has 0 aliphatic rings. The first-order valence-electron chi connectivity index (χ1n) is 1.11. The third-order valence-electron chi connectivity index (χ3n) is 0. The standard InChI is InChI=1S/2Al.BHO.2O2Si.3O/c;;1-2;2*1-3-2;;;/h;;1H;;;;;/q2*+3;;;;3*-2. The molecule has 0 aliphatic carbocycles. The van der Waals surface area contributed by atoms with Gasteiger partial charge < -0.3 is 16.4 Å². The van der Waals surface area contributed by atoms with Crippen LogP contribution >= 0.6 is 0 Å². The molecule has 0 N–H and O–H groups in total. The zero-order valence-corrected chi connectivity index (χ0v) is 10.4. The van der Waals surface area contributed by atoms with Gasteiger partial charge in [-0.15, -0.1) is 0 Å². The number of hydrogen-bond donors (Lipinski definition) is 0. The molecule has 13 heteroatoms. The van der Waals surface area contributed by atoms with E-state index in [-0.39, 0.29) is 51.2 Å². The molecule has 13 heavy (non-hydrogen) atoms. The van der Waals surface area contributed by atoms with Crippen molar-refractivity contribution in [3.63, 3.8) is 0 Å². The Bertz CT molecular complexity index is 84.3. The summed E-state index contributed by atoms with van der Waals surface area (Å²) in [6.07, 6.45) is 0. The van der Waals surface area contributed by atoms with E-state index in [1.54, 1.807) is 0 Å². The molecular weight excluding hydrogens is 249 g/mol. The predicted octanol–water partition coefficient (Wildman–Crippen LogP) is -3.12. The molecule has 0 amide bonds. The summed E-state index contributed by atoms with van der Waals surface area (Å²) < 4.78 is 41.6. The van der Waals surface area contributed by atoms with Gasteiger partial charge in [0.1, 0.15) is 0 Å². The molecule has 0 saturated heterocycles. The molecule has 0 aromatic heterocycles. The summed E-state index contributed by atoms with van der Waals surface area (Å²) in [6.45, 7) is 0. The van der Waals surface area contributed by atoms with Gasteiger partial charge in [-0.25, -0.2) is 0 Å². The Morgan fingerprint density at radius 3 is 0.615 bits per heavy atom. The fourth-order valence-corrected chi connectivity index (χ4v) is 0. The molecule has 0 aromatic carbocycles. The van der Waals surface area contributed by atoms with Crippen molar-refractivity contribution in [2.24, 2.45) is 0 Å². The van der Waals surface area contributed by atoms with Gasteiger partial charge in [0.15, 0.2) is 0 Å². The average molecular weight is 250 g/mol. The summed E-state index contributed by atoms with van der Waals surface area (Å²) in [5, 5.41) is 0. The second-order valence-electron chi connectivity index (χ2n) is 0.167. The summed E-state index contributed by atoms with van der Waals surface area (Å²) in [5.74, 6) is 0. The molecule has 0 aromatic rings. The molecule has 0 radical (unpaired) electrons. The fourth-order valence-electron chi connectivity index (χ4n) is 0. The van der Waals surface area contributed by atoms with Crippen molar-refractivity contribution < 1.29 is 39.0 Å². The Kier molecular flexibility index (Phi) is 1470. The van der Waals surface area contributed by atoms with Gasteiger partial charge in [-0.05, 0) is 0 Å². The van der Waals surface area contributed by atoms with Crippen LogP contribution in [0.5, 0.6) is 0 Å². The van der Waals surface area contributed by atoms with Crippen molar-refractivity contribution in [1.29, 1.82) is 0 Å². The van der Waals surface area contributed by atoms with Crippen LogP contribution in [0.4, 0.5) is 0 Å². The molecule has 0 atom stereocenters. The minimum absolute atomic E-state index is 0. The van der Waals surface area contributed by atoms with Crippen LogP contribution in [0.3, 0.4) is 0 Å². The summed E-state index contributed by atoms with van der Waals surface area (Å²) in [7, 11) is -0.833. The first-order chi connectivity index (χ1) is 3.83. The van der Waals surface area contributed by atoms with Gasteiger partial charge in [0.05, 0.1) is 0 Å². The first-order valence-corrected chi connectivity index (χ1v) is 2.74. The van der Waals surface area contributed by atoms with Crippen molar-refractivity contribution in [2.75, 3.05) is 0 Å². The fraction of sp³-hybridized carbons (Fsp3) is 0. The van der Waals surface area contributed by atoms with Crippen molar-refractivity contribution in [3.05, 3.63) is 0 Å². The minimum Gasteiger partial charge on any atom is -2.00 e. The van der Waals surface area contributed by atoms with E-state index in [0.29, 0.717) is 0 Å². The van der Waals surface area contributed by atoms with Gasteiger partial charge in [0, 0.05) is 0 Å². The van der Waals surface area contributed by atoms with Crippen LogP contribution in [0.15, 0.2) is 0 Å². The predicted molar refractivity (Wildman–Crippen MR) is 35.7 cm³/mol. The molecule has 0 unspecified atom stereocenters. The minimum atomic E-state index is -1.42. The monoisotopic (exact) mass is 250 g/mol. The van der Waals surface area contributed by atoms with E-state index >= 15 is 0 Å². The molecule has 0 saturated carbocycles. The molecule has 0 spiro atoms. The van der Waals surface area contributed by atoms with Crippen molar-refractivity contribution in [1.82, 2.24) is 0 Å². The Balaban J connectivity index is -0.00000000409. The Labute approximate surface area is 100.0 Å². The third-order valence-corrected chi connectivity index (χ3v) is 0. The van der Waals surface area contributed by atoms with E-state index in [1.807, 2.05) is 7.72 Å². The molecule has 0 heterocycles. The van der Waals surface area contributed by atoms with Gasteiger partial charge in [-0.3, -0.25) is 17.8 Å². The Morgan fingerprint density at radius 2 is 0.615 bits per heavy atom. The van der Waals surface area contributed by atoms with Crippen LogP contribution in [-0.2, 0) is 39.0 Å².